The summed E-state index contributed by atoms with van der Waals surface area (Å²) in [6, 6.07) is 8.87. The van der Waals surface area contributed by atoms with Crippen molar-refractivity contribution in [2.24, 2.45) is 5.92 Å². The van der Waals surface area contributed by atoms with Gasteiger partial charge in [-0.05, 0) is 42.9 Å². The van der Waals surface area contributed by atoms with Gasteiger partial charge in [-0.1, -0.05) is 38.1 Å². The standard InChI is InChI=1S/C17H26N2O/c1-3-14-4-6-15(7-5-14)8-9-17(20)19-16-12-18-11-10-13(16)2/h4-7,13,16,18H,3,8-12H2,1-2H3,(H,19,20). The van der Waals surface area contributed by atoms with Crippen LogP contribution in [0.1, 0.15) is 37.8 Å². The molecule has 1 aliphatic rings. The first kappa shape index (κ1) is 15.0. The predicted molar refractivity (Wildman–Crippen MR) is 82.7 cm³/mol. The average Bonchev–Trinajstić information content (AvgIpc) is 2.48. The highest BCUT2D eigenvalue weighted by molar-refractivity contribution is 5.76. The van der Waals surface area contributed by atoms with Crippen LogP contribution in [0.2, 0.25) is 0 Å². The topological polar surface area (TPSA) is 41.1 Å². The number of carbonyl (C=O) groups is 1. The summed E-state index contributed by atoms with van der Waals surface area (Å²) in [7, 11) is 0. The Morgan fingerprint density at radius 3 is 2.65 bits per heavy atom. The van der Waals surface area contributed by atoms with Gasteiger partial charge in [0.15, 0.2) is 0 Å². The number of hydrogen-bond donors (Lipinski definition) is 2. The van der Waals surface area contributed by atoms with Crippen molar-refractivity contribution in [3.05, 3.63) is 35.4 Å². The third-order valence-corrected chi connectivity index (χ3v) is 4.25. The second-order valence-electron chi connectivity index (χ2n) is 5.81. The third-order valence-electron chi connectivity index (χ3n) is 4.25. The van der Waals surface area contributed by atoms with Crippen LogP contribution >= 0.6 is 0 Å². The Kier molecular flexibility index (Phi) is 5.60. The molecule has 0 bridgehead atoms. The van der Waals surface area contributed by atoms with Gasteiger partial charge in [-0.2, -0.15) is 0 Å². The molecular weight excluding hydrogens is 248 g/mol. The normalized spacial score (nSPS) is 22.5. The number of rotatable bonds is 5. The highest BCUT2D eigenvalue weighted by Crippen LogP contribution is 2.12. The Balaban J connectivity index is 1.76. The molecule has 2 N–H and O–H groups in total. The molecule has 1 heterocycles. The highest BCUT2D eigenvalue weighted by Gasteiger charge is 2.22. The van der Waals surface area contributed by atoms with Crippen molar-refractivity contribution in [2.45, 2.75) is 45.6 Å². The first-order valence-corrected chi connectivity index (χ1v) is 7.77. The molecule has 2 atom stereocenters. The zero-order valence-corrected chi connectivity index (χ0v) is 12.6. The molecule has 1 saturated heterocycles. The zero-order valence-electron chi connectivity index (χ0n) is 12.6. The smallest absolute Gasteiger partial charge is 0.220 e. The summed E-state index contributed by atoms with van der Waals surface area (Å²) in [6.07, 6.45) is 3.61. The van der Waals surface area contributed by atoms with E-state index in [0.29, 0.717) is 18.4 Å². The van der Waals surface area contributed by atoms with Crippen molar-refractivity contribution in [3.63, 3.8) is 0 Å². The molecule has 1 fully saturated rings. The fourth-order valence-corrected chi connectivity index (χ4v) is 2.66. The summed E-state index contributed by atoms with van der Waals surface area (Å²) in [5, 5.41) is 6.50. The first-order chi connectivity index (χ1) is 9.69. The first-order valence-electron chi connectivity index (χ1n) is 7.77. The van der Waals surface area contributed by atoms with E-state index in [1.54, 1.807) is 0 Å². The summed E-state index contributed by atoms with van der Waals surface area (Å²) in [6.45, 7) is 6.34. The van der Waals surface area contributed by atoms with Crippen LogP contribution in [0.15, 0.2) is 24.3 Å². The Hall–Kier alpha value is -1.35. The maximum absolute atomic E-state index is 12.0. The average molecular weight is 274 g/mol. The molecule has 1 aromatic rings. The van der Waals surface area contributed by atoms with Gasteiger partial charge >= 0.3 is 0 Å². The van der Waals surface area contributed by atoms with Gasteiger partial charge in [-0.25, -0.2) is 0 Å². The van der Waals surface area contributed by atoms with E-state index >= 15 is 0 Å². The lowest BCUT2D eigenvalue weighted by atomic mass is 9.94. The van der Waals surface area contributed by atoms with Crippen LogP contribution in [-0.2, 0) is 17.6 Å². The molecule has 2 rings (SSSR count). The van der Waals surface area contributed by atoms with Gasteiger partial charge in [-0.15, -0.1) is 0 Å². The van der Waals surface area contributed by atoms with Gasteiger partial charge in [0.1, 0.15) is 0 Å². The number of hydrogen-bond acceptors (Lipinski definition) is 2. The predicted octanol–water partition coefficient (Wildman–Crippen LogP) is 2.30. The maximum Gasteiger partial charge on any atom is 0.220 e. The minimum absolute atomic E-state index is 0.171. The van der Waals surface area contributed by atoms with Crippen molar-refractivity contribution < 1.29 is 4.79 Å². The summed E-state index contributed by atoms with van der Waals surface area (Å²) in [4.78, 5) is 12.0. The Morgan fingerprint density at radius 2 is 2.00 bits per heavy atom. The number of nitrogens with one attached hydrogen (secondary N) is 2. The number of benzene rings is 1. The zero-order chi connectivity index (χ0) is 14.4. The SMILES string of the molecule is CCc1ccc(CCC(=O)NC2CNCCC2C)cc1. The number of carbonyl (C=O) groups excluding carboxylic acids is 1. The van der Waals surface area contributed by atoms with E-state index in [0.717, 1.165) is 32.4 Å². The molecule has 0 saturated carbocycles. The summed E-state index contributed by atoms with van der Waals surface area (Å²) >= 11 is 0. The van der Waals surface area contributed by atoms with E-state index in [-0.39, 0.29) is 5.91 Å². The van der Waals surface area contributed by atoms with Crippen molar-refractivity contribution in [2.75, 3.05) is 13.1 Å². The van der Waals surface area contributed by atoms with Crippen molar-refractivity contribution >= 4 is 5.91 Å². The van der Waals surface area contributed by atoms with Gasteiger partial charge in [0.05, 0.1) is 0 Å². The van der Waals surface area contributed by atoms with Crippen LogP contribution in [0, 0.1) is 5.92 Å². The van der Waals surface area contributed by atoms with Crippen molar-refractivity contribution in [1.29, 1.82) is 0 Å². The minimum atomic E-state index is 0.171. The lowest BCUT2D eigenvalue weighted by molar-refractivity contribution is -0.122. The molecular formula is C17H26N2O. The number of piperidine rings is 1. The molecule has 20 heavy (non-hydrogen) atoms. The van der Waals surface area contributed by atoms with Crippen LogP contribution in [-0.4, -0.2) is 25.0 Å². The van der Waals surface area contributed by atoms with Gasteiger partial charge in [0, 0.05) is 19.0 Å². The molecule has 1 aliphatic heterocycles. The summed E-state index contributed by atoms with van der Waals surface area (Å²) < 4.78 is 0. The molecule has 1 aromatic carbocycles. The van der Waals surface area contributed by atoms with E-state index in [1.165, 1.54) is 11.1 Å². The fraction of sp³-hybridized carbons (Fsp3) is 0.588. The molecule has 0 aromatic heterocycles. The summed E-state index contributed by atoms with van der Waals surface area (Å²) in [5.41, 5.74) is 2.59. The van der Waals surface area contributed by atoms with Crippen molar-refractivity contribution in [1.82, 2.24) is 10.6 Å². The van der Waals surface area contributed by atoms with E-state index in [2.05, 4.69) is 48.7 Å². The molecule has 3 heteroatoms. The second kappa shape index (κ2) is 7.44. The quantitative estimate of drug-likeness (QED) is 0.865. The molecule has 110 valence electrons. The Bertz CT molecular complexity index is 427. The number of aryl methyl sites for hydroxylation is 2. The van der Waals surface area contributed by atoms with Crippen LogP contribution in [0.25, 0.3) is 0 Å². The summed E-state index contributed by atoms with van der Waals surface area (Å²) in [5.74, 6) is 0.745. The van der Waals surface area contributed by atoms with E-state index in [9.17, 15) is 4.79 Å². The van der Waals surface area contributed by atoms with Crippen LogP contribution in [0.4, 0.5) is 0 Å². The molecule has 2 unspecified atom stereocenters. The molecule has 0 aliphatic carbocycles. The highest BCUT2D eigenvalue weighted by atomic mass is 16.1. The van der Waals surface area contributed by atoms with Crippen LogP contribution < -0.4 is 10.6 Å². The monoisotopic (exact) mass is 274 g/mol. The fourth-order valence-electron chi connectivity index (χ4n) is 2.66. The van der Waals surface area contributed by atoms with Crippen LogP contribution in [0.5, 0.6) is 0 Å². The third kappa shape index (κ3) is 4.34. The van der Waals surface area contributed by atoms with Gasteiger partial charge < -0.3 is 10.6 Å². The largest absolute Gasteiger partial charge is 0.352 e. The molecule has 3 nitrogen and oxygen atoms in total. The van der Waals surface area contributed by atoms with Gasteiger partial charge in [0.2, 0.25) is 5.91 Å². The molecule has 0 spiro atoms. The Labute approximate surface area is 122 Å². The van der Waals surface area contributed by atoms with Gasteiger partial charge in [-0.3, -0.25) is 4.79 Å². The number of amides is 1. The molecule has 1 amide bonds. The maximum atomic E-state index is 12.0. The Morgan fingerprint density at radius 1 is 1.30 bits per heavy atom. The lowest BCUT2D eigenvalue weighted by Crippen LogP contribution is -2.50. The second-order valence-corrected chi connectivity index (χ2v) is 5.81. The van der Waals surface area contributed by atoms with Crippen molar-refractivity contribution in [3.8, 4) is 0 Å². The molecule has 0 radical (unpaired) electrons. The minimum Gasteiger partial charge on any atom is -0.352 e. The van der Waals surface area contributed by atoms with E-state index < -0.39 is 0 Å². The van der Waals surface area contributed by atoms with E-state index in [1.807, 2.05) is 0 Å². The lowest BCUT2D eigenvalue weighted by Gasteiger charge is -2.30. The van der Waals surface area contributed by atoms with E-state index in [4.69, 9.17) is 0 Å². The van der Waals surface area contributed by atoms with Gasteiger partial charge in [0.25, 0.3) is 0 Å². The van der Waals surface area contributed by atoms with Crippen LogP contribution in [0.3, 0.4) is 0 Å².